The molecule has 0 spiro atoms. The van der Waals surface area contributed by atoms with E-state index in [9.17, 15) is 20.0 Å². The van der Waals surface area contributed by atoms with Crippen LogP contribution < -0.4 is 14.8 Å². The number of non-ortho nitro benzene ring substituents is 1. The van der Waals surface area contributed by atoms with E-state index in [1.54, 1.807) is 44.0 Å². The molecular weight excluding hydrogens is 961 g/mol. The number of nitro groups is 1. The Morgan fingerprint density at radius 3 is 1.70 bits per heavy atom. The lowest BCUT2D eigenvalue weighted by Crippen LogP contribution is -2.45. The topological polar surface area (TPSA) is 182 Å². The van der Waals surface area contributed by atoms with E-state index >= 15 is 0 Å². The van der Waals surface area contributed by atoms with E-state index in [1.807, 2.05) is 176 Å². The molecule has 2 aromatic heterocycles. The first-order valence-electron chi connectivity index (χ1n) is 25.1. The van der Waals surface area contributed by atoms with Crippen molar-refractivity contribution in [3.8, 4) is 11.6 Å². The smallest absolute Gasteiger partial charge is 0.269 e. The molecule has 0 aliphatic carbocycles. The number of amides is 1. The minimum absolute atomic E-state index is 0.0221. The number of nitrogens with one attached hydrogen (secondary N) is 1. The number of anilines is 1. The Labute approximate surface area is 439 Å². The van der Waals surface area contributed by atoms with Crippen LogP contribution in [0, 0.1) is 16.0 Å². The second-order valence-electron chi connectivity index (χ2n) is 18.7. The first-order valence-corrected chi connectivity index (χ1v) is 25.1. The lowest BCUT2D eigenvalue weighted by atomic mass is 9.79. The molecule has 1 amide bonds. The van der Waals surface area contributed by atoms with Crippen LogP contribution in [0.1, 0.15) is 59.0 Å². The van der Waals surface area contributed by atoms with Crippen molar-refractivity contribution in [2.24, 2.45) is 5.92 Å². The van der Waals surface area contributed by atoms with Crippen LogP contribution in [0.25, 0.3) is 11.2 Å². The van der Waals surface area contributed by atoms with Gasteiger partial charge in [-0.3, -0.25) is 24.8 Å². The molecule has 3 heterocycles. The van der Waals surface area contributed by atoms with Crippen LogP contribution in [0.3, 0.4) is 0 Å². The monoisotopic (exact) mass is 1020 g/mol. The summed E-state index contributed by atoms with van der Waals surface area (Å²) in [6, 6.07) is 63.4. The van der Waals surface area contributed by atoms with Crippen molar-refractivity contribution in [1.82, 2.24) is 19.5 Å². The van der Waals surface area contributed by atoms with E-state index < -0.39 is 46.6 Å². The Balaban J connectivity index is 1.11. The van der Waals surface area contributed by atoms with E-state index in [2.05, 4.69) is 10.3 Å². The highest BCUT2D eigenvalue weighted by Gasteiger charge is 2.53. The molecule has 1 aliphatic heterocycles. The third-order valence-corrected chi connectivity index (χ3v) is 13.7. The molecule has 0 saturated carbocycles. The highest BCUT2D eigenvalue weighted by atomic mass is 16.6. The Bertz CT molecular complexity index is 3230. The quantitative estimate of drug-likeness (QED) is 0.0419. The number of hydrogen-bond acceptors (Lipinski definition) is 12. The Morgan fingerprint density at radius 2 is 1.21 bits per heavy atom. The Kier molecular flexibility index (Phi) is 15.1. The fraction of sp³-hybridized carbons (Fsp3) is 0.213. The lowest BCUT2D eigenvalue weighted by molar-refractivity contribution is -0.384. The van der Waals surface area contributed by atoms with Crippen LogP contribution in [0.5, 0.6) is 11.6 Å². The van der Waals surface area contributed by atoms with Crippen LogP contribution in [-0.2, 0) is 36.6 Å². The van der Waals surface area contributed by atoms with Gasteiger partial charge in [-0.2, -0.15) is 9.97 Å². The van der Waals surface area contributed by atoms with Crippen LogP contribution in [0.15, 0.2) is 207 Å². The summed E-state index contributed by atoms with van der Waals surface area (Å²) >= 11 is 0. The molecule has 0 unspecified atom stereocenters. The first kappa shape index (κ1) is 50.9. The molecule has 15 heteroatoms. The second-order valence-corrected chi connectivity index (χ2v) is 18.7. The van der Waals surface area contributed by atoms with Crippen molar-refractivity contribution in [2.45, 2.75) is 56.0 Å². The van der Waals surface area contributed by atoms with Gasteiger partial charge < -0.3 is 28.8 Å². The highest BCUT2D eigenvalue weighted by molar-refractivity contribution is 5.91. The number of ether oxygens (including phenoxy) is 5. The largest absolute Gasteiger partial charge is 0.497 e. The summed E-state index contributed by atoms with van der Waals surface area (Å²) in [5.74, 6) is -0.0411. The van der Waals surface area contributed by atoms with Crippen molar-refractivity contribution < 1.29 is 38.5 Å². The second kappa shape index (κ2) is 22.5. The minimum atomic E-state index is -1.36. The Morgan fingerprint density at radius 1 is 0.711 bits per heavy atom. The van der Waals surface area contributed by atoms with Crippen molar-refractivity contribution in [1.29, 1.82) is 0 Å². The van der Waals surface area contributed by atoms with E-state index in [0.717, 1.165) is 38.9 Å². The fourth-order valence-electron chi connectivity index (χ4n) is 9.80. The summed E-state index contributed by atoms with van der Waals surface area (Å²) in [5, 5.41) is 27.4. The molecule has 2 N–H and O–H groups in total. The van der Waals surface area contributed by atoms with Crippen LogP contribution in [-0.4, -0.2) is 74.1 Å². The molecule has 9 aromatic rings. The normalized spacial score (nSPS) is 16.6. The zero-order valence-corrected chi connectivity index (χ0v) is 42.1. The molecule has 0 bridgehead atoms. The maximum atomic E-state index is 13.3. The number of rotatable bonds is 20. The van der Waals surface area contributed by atoms with E-state index in [4.69, 9.17) is 33.7 Å². The van der Waals surface area contributed by atoms with Gasteiger partial charge in [0.05, 0.1) is 31.6 Å². The van der Waals surface area contributed by atoms with Crippen LogP contribution in [0.2, 0.25) is 0 Å². The molecule has 384 valence electrons. The summed E-state index contributed by atoms with van der Waals surface area (Å²) in [5.41, 5.74) is 3.58. The molecule has 0 radical (unpaired) electrons. The highest BCUT2D eigenvalue weighted by Crippen LogP contribution is 2.48. The third kappa shape index (κ3) is 10.2. The number of aliphatic hydroxyl groups is 1. The number of nitro benzene ring substituents is 1. The number of carbonyl (C=O) groups is 1. The van der Waals surface area contributed by atoms with Gasteiger partial charge in [-0.1, -0.05) is 190 Å². The molecule has 15 nitrogen and oxygen atoms in total. The number of aromatic nitrogens is 4. The number of nitrogens with zero attached hydrogens (tertiary/aromatic N) is 5. The zero-order valence-electron chi connectivity index (χ0n) is 42.1. The van der Waals surface area contributed by atoms with Gasteiger partial charge in [-0.15, -0.1) is 0 Å². The Hall–Kier alpha value is -8.60. The zero-order chi connectivity index (χ0) is 52.7. The maximum absolute atomic E-state index is 13.3. The number of aliphatic hydroxyl groups excluding tert-OH is 1. The third-order valence-electron chi connectivity index (χ3n) is 13.7. The molecule has 76 heavy (non-hydrogen) atoms. The first-order chi connectivity index (χ1) is 37.1. The average Bonchev–Trinajstić information content (AvgIpc) is 4.09. The minimum Gasteiger partial charge on any atom is -0.497 e. The predicted octanol–water partition coefficient (Wildman–Crippen LogP) is 10.6. The number of hydrogen-bond donors (Lipinski definition) is 2. The average molecular weight is 1020 g/mol. The molecule has 10 rings (SSSR count). The van der Waals surface area contributed by atoms with Gasteiger partial charge in [0.15, 0.2) is 17.4 Å². The standard InChI is InChI=1S/C61H56N6O9/c1-41(2)56(69)64-59-63-55-52(57(65-59)73-38-37-42-29-33-49(34-30-42)67(70)71)62-40-66(55)58-54(76-61(45-23-13-6-14-24-45,46-25-15-7-16-26-46)47-27-17-8-18-28-47)53(68)51(75-58)39-74-60(43-19-9-4-10-20-43,44-21-11-5-12-22-44)48-31-35-50(72-3)36-32-48/h4-36,40-41,51,53-54,58,68H,37-39H2,1-3H3,(H,63,64,65,69)/t51-,53+,54-,58-/m1/s1. The molecule has 1 fully saturated rings. The van der Waals surface area contributed by atoms with Gasteiger partial charge >= 0.3 is 0 Å². The number of imidazole rings is 1. The molecule has 1 aliphatic rings. The predicted molar refractivity (Wildman–Crippen MR) is 287 cm³/mol. The van der Waals surface area contributed by atoms with E-state index in [1.165, 1.54) is 12.1 Å². The summed E-state index contributed by atoms with van der Waals surface area (Å²) < 4.78 is 35.9. The van der Waals surface area contributed by atoms with Gasteiger partial charge in [0.2, 0.25) is 17.7 Å². The molecular formula is C61H56N6O9. The summed E-state index contributed by atoms with van der Waals surface area (Å²) in [4.78, 5) is 38.5. The molecule has 1 saturated heterocycles. The van der Waals surface area contributed by atoms with Crippen molar-refractivity contribution >= 4 is 28.7 Å². The van der Waals surface area contributed by atoms with E-state index in [-0.39, 0.29) is 47.8 Å². The fourth-order valence-corrected chi connectivity index (χ4v) is 9.80. The van der Waals surface area contributed by atoms with E-state index in [0.29, 0.717) is 12.2 Å². The summed E-state index contributed by atoms with van der Waals surface area (Å²) in [7, 11) is 1.62. The summed E-state index contributed by atoms with van der Waals surface area (Å²) in [6.07, 6.45) is -2.82. The van der Waals surface area contributed by atoms with Gasteiger partial charge in [0.25, 0.3) is 5.69 Å². The van der Waals surface area contributed by atoms with Crippen molar-refractivity contribution in [3.05, 3.63) is 256 Å². The van der Waals surface area contributed by atoms with Gasteiger partial charge in [-0.05, 0) is 51.1 Å². The summed E-state index contributed by atoms with van der Waals surface area (Å²) in [6.45, 7) is 3.48. The number of benzene rings is 7. The van der Waals surface area contributed by atoms with Crippen molar-refractivity contribution in [2.75, 3.05) is 25.6 Å². The van der Waals surface area contributed by atoms with Crippen molar-refractivity contribution in [3.63, 3.8) is 0 Å². The van der Waals surface area contributed by atoms with Crippen LogP contribution in [0.4, 0.5) is 11.6 Å². The van der Waals surface area contributed by atoms with Gasteiger partial charge in [-0.25, -0.2) is 4.98 Å². The number of fused-ring (bicyclic) bond motifs is 1. The number of methoxy groups -OCH3 is 1. The van der Waals surface area contributed by atoms with Gasteiger partial charge in [0, 0.05) is 24.5 Å². The van der Waals surface area contributed by atoms with Gasteiger partial charge in [0.1, 0.15) is 35.3 Å². The SMILES string of the molecule is COc1ccc(C(OC[C@H]2O[C@@H](n3cnc4c(OCCc5ccc([N+](=O)[O-])cc5)nc(NC(=O)C(C)C)nc43)[C@H](OC(c3ccccc3)(c3ccccc3)c3ccccc3)[C@H]2O)(c2ccccc2)c2ccccc2)cc1. The molecule has 7 aromatic carbocycles. The maximum Gasteiger partial charge on any atom is 0.269 e. The lowest BCUT2D eigenvalue weighted by Gasteiger charge is -2.40. The number of carbonyl (C=O) groups excluding carboxylic acids is 1. The van der Waals surface area contributed by atoms with Crippen LogP contribution >= 0.6 is 0 Å². The molecule has 4 atom stereocenters.